The summed E-state index contributed by atoms with van der Waals surface area (Å²) in [6.07, 6.45) is 0. The van der Waals surface area contributed by atoms with Crippen molar-refractivity contribution in [3.05, 3.63) is 53.5 Å². The molecule has 3 aromatic rings. The summed E-state index contributed by atoms with van der Waals surface area (Å²) in [5.74, 6) is -0.329. The minimum absolute atomic E-state index is 0.0221. The van der Waals surface area contributed by atoms with Gasteiger partial charge in [-0.15, -0.1) is 0 Å². The van der Waals surface area contributed by atoms with Crippen molar-refractivity contribution in [3.63, 3.8) is 0 Å². The number of thiophene rings is 1. The third-order valence-corrected chi connectivity index (χ3v) is 6.42. The zero-order valence-corrected chi connectivity index (χ0v) is 13.9. The van der Waals surface area contributed by atoms with Crippen LogP contribution in [-0.4, -0.2) is 32.1 Å². The van der Waals surface area contributed by atoms with Crippen LogP contribution in [0.1, 0.15) is 17.4 Å². The Bertz CT molecular complexity index is 735. The van der Waals surface area contributed by atoms with Crippen molar-refractivity contribution in [2.75, 3.05) is 6.61 Å². The zero-order valence-electron chi connectivity index (χ0n) is 11.4. The van der Waals surface area contributed by atoms with Crippen molar-refractivity contribution < 1.29 is 9.53 Å². The first-order valence-corrected chi connectivity index (χ1v) is 9.16. The van der Waals surface area contributed by atoms with Crippen LogP contribution in [0.4, 0.5) is 0 Å². The molecule has 0 amide bonds. The van der Waals surface area contributed by atoms with E-state index in [0.29, 0.717) is 12.3 Å². The molecular weight excluding hydrogens is 349 g/mol. The summed E-state index contributed by atoms with van der Waals surface area (Å²) in [4.78, 5) is 17.9. The van der Waals surface area contributed by atoms with E-state index in [-0.39, 0.29) is 20.5 Å². The third kappa shape index (κ3) is 3.00. The quantitative estimate of drug-likeness (QED) is 0.525. The van der Waals surface area contributed by atoms with Crippen LogP contribution in [0.3, 0.4) is 0 Å². The average molecular weight is 362 g/mol. The summed E-state index contributed by atoms with van der Waals surface area (Å²) in [6.45, 7) is 2.17. The number of aromatic nitrogens is 1. The molecule has 3 nitrogen and oxygen atoms in total. The first kappa shape index (κ1) is 14.3. The van der Waals surface area contributed by atoms with Crippen molar-refractivity contribution in [1.82, 2.24) is 4.98 Å². The molecule has 0 N–H and O–H groups in total. The molecule has 0 spiro atoms. The monoisotopic (exact) mass is 363 g/mol. The van der Waals surface area contributed by atoms with Gasteiger partial charge in [-0.05, 0) is 0 Å². The second-order valence-electron chi connectivity index (χ2n) is 4.26. The molecule has 106 valence electrons. The predicted molar refractivity (Wildman–Crippen MR) is 85.9 cm³/mol. The van der Waals surface area contributed by atoms with E-state index in [1.807, 2.05) is 54.8 Å². The van der Waals surface area contributed by atoms with E-state index >= 15 is 0 Å². The van der Waals surface area contributed by atoms with Crippen molar-refractivity contribution in [2.24, 2.45) is 0 Å². The predicted octanol–water partition coefficient (Wildman–Crippen LogP) is 3.71. The molecule has 0 aliphatic heterocycles. The van der Waals surface area contributed by atoms with Gasteiger partial charge in [-0.2, -0.15) is 0 Å². The second-order valence-corrected chi connectivity index (χ2v) is 7.30. The number of rotatable bonds is 4. The molecule has 0 saturated heterocycles. The zero-order chi connectivity index (χ0) is 14.7. The summed E-state index contributed by atoms with van der Waals surface area (Å²) in [7, 11) is 0. The molecule has 2 aromatic heterocycles. The maximum absolute atomic E-state index is 12.2. The van der Waals surface area contributed by atoms with Crippen molar-refractivity contribution in [3.8, 4) is 19.4 Å². The molecule has 0 radical (unpaired) electrons. The van der Waals surface area contributed by atoms with Crippen molar-refractivity contribution >= 4 is 31.8 Å². The van der Waals surface area contributed by atoms with E-state index < -0.39 is 0 Å². The van der Waals surface area contributed by atoms with Gasteiger partial charge in [-0.25, -0.2) is 0 Å². The molecular formula is C16H13NO2SSe. The Morgan fingerprint density at radius 3 is 2.71 bits per heavy atom. The SMILES string of the molecule is CCOC(=O)c1nc(-c2cccs2)[se]c1-c1ccccc1. The van der Waals surface area contributed by atoms with Crippen LogP contribution in [0, 0.1) is 0 Å². The fraction of sp³-hybridized carbons (Fsp3) is 0.125. The van der Waals surface area contributed by atoms with E-state index in [4.69, 9.17) is 4.74 Å². The number of carbonyl (C=O) groups excluding carboxylic acids is 1. The Morgan fingerprint density at radius 1 is 1.24 bits per heavy atom. The normalized spacial score (nSPS) is 10.5. The molecule has 0 unspecified atom stereocenters. The third-order valence-electron chi connectivity index (χ3n) is 2.86. The van der Waals surface area contributed by atoms with Gasteiger partial charge in [0.2, 0.25) is 0 Å². The van der Waals surface area contributed by atoms with Crippen molar-refractivity contribution in [1.29, 1.82) is 0 Å². The number of esters is 1. The summed E-state index contributed by atoms with van der Waals surface area (Å²) in [5.41, 5.74) is 1.52. The van der Waals surface area contributed by atoms with Gasteiger partial charge in [0.15, 0.2) is 0 Å². The first-order valence-electron chi connectivity index (χ1n) is 6.57. The Kier molecular flexibility index (Phi) is 4.34. The molecule has 2 heterocycles. The van der Waals surface area contributed by atoms with E-state index in [9.17, 15) is 4.79 Å². The molecule has 1 aromatic carbocycles. The summed E-state index contributed by atoms with van der Waals surface area (Å²) >= 11 is 1.67. The summed E-state index contributed by atoms with van der Waals surface area (Å²) in [5, 5.41) is 2.03. The molecule has 0 aliphatic rings. The first-order chi connectivity index (χ1) is 10.3. The summed E-state index contributed by atoms with van der Waals surface area (Å²) < 4.78 is 7.16. The summed E-state index contributed by atoms with van der Waals surface area (Å²) in [6, 6.07) is 14.0. The number of benzene rings is 1. The number of hydrogen-bond acceptors (Lipinski definition) is 4. The van der Waals surface area contributed by atoms with E-state index in [1.165, 1.54) is 0 Å². The molecule has 21 heavy (non-hydrogen) atoms. The van der Waals surface area contributed by atoms with E-state index in [0.717, 1.165) is 19.4 Å². The number of hydrogen-bond donors (Lipinski definition) is 0. The molecule has 0 aliphatic carbocycles. The molecule has 0 fully saturated rings. The van der Waals surface area contributed by atoms with Gasteiger partial charge < -0.3 is 0 Å². The van der Waals surface area contributed by atoms with E-state index in [1.54, 1.807) is 11.3 Å². The van der Waals surface area contributed by atoms with Gasteiger partial charge in [0, 0.05) is 0 Å². The molecule has 0 saturated carbocycles. The topological polar surface area (TPSA) is 39.2 Å². The van der Waals surface area contributed by atoms with Crippen LogP contribution < -0.4 is 0 Å². The van der Waals surface area contributed by atoms with Gasteiger partial charge in [-0.3, -0.25) is 0 Å². The van der Waals surface area contributed by atoms with Gasteiger partial charge in [0.05, 0.1) is 0 Å². The van der Waals surface area contributed by atoms with Crippen LogP contribution in [0.15, 0.2) is 47.8 Å². The fourth-order valence-corrected chi connectivity index (χ4v) is 5.13. The Morgan fingerprint density at radius 2 is 2.05 bits per heavy atom. The van der Waals surface area contributed by atoms with Crippen LogP contribution >= 0.6 is 11.3 Å². The average Bonchev–Trinajstić information content (AvgIpc) is 3.17. The minimum atomic E-state index is -0.329. The van der Waals surface area contributed by atoms with Gasteiger partial charge in [0.1, 0.15) is 0 Å². The standard InChI is InChI=1S/C16H13NO2SSe/c1-2-19-16(18)13-14(11-7-4-3-5-8-11)21-15(17-13)12-9-6-10-20-12/h3-10H,2H2,1H3. The molecule has 0 bridgehead atoms. The Labute approximate surface area is 133 Å². The molecule has 3 rings (SSSR count). The molecule has 0 atom stereocenters. The van der Waals surface area contributed by atoms with Crippen molar-refractivity contribution in [2.45, 2.75) is 6.92 Å². The number of ether oxygens (including phenoxy) is 1. The van der Waals surface area contributed by atoms with Crippen LogP contribution in [0.25, 0.3) is 19.4 Å². The van der Waals surface area contributed by atoms with Crippen LogP contribution in [-0.2, 0) is 4.74 Å². The Balaban J connectivity index is 2.10. The van der Waals surface area contributed by atoms with E-state index in [2.05, 4.69) is 4.98 Å². The van der Waals surface area contributed by atoms with Crippen LogP contribution in [0.5, 0.6) is 0 Å². The van der Waals surface area contributed by atoms with Gasteiger partial charge in [0.25, 0.3) is 0 Å². The van der Waals surface area contributed by atoms with Gasteiger partial charge >= 0.3 is 133 Å². The molecule has 5 heteroatoms. The number of nitrogens with zero attached hydrogens (tertiary/aromatic N) is 1. The second kappa shape index (κ2) is 6.39. The van der Waals surface area contributed by atoms with Gasteiger partial charge in [-0.1, -0.05) is 0 Å². The maximum atomic E-state index is 12.2. The van der Waals surface area contributed by atoms with Crippen LogP contribution in [0.2, 0.25) is 0 Å². The number of carbonyl (C=O) groups is 1. The Hall–Kier alpha value is -1.68. The fourth-order valence-electron chi connectivity index (χ4n) is 1.95.